The summed E-state index contributed by atoms with van der Waals surface area (Å²) in [7, 11) is 1.98. The molecule has 0 saturated carbocycles. The number of aliphatic hydroxyl groups excluding tert-OH is 1. The number of benzene rings is 3. The predicted molar refractivity (Wildman–Crippen MR) is 143 cm³/mol. The largest absolute Gasteiger partial charge is 0.392 e. The lowest BCUT2D eigenvalue weighted by atomic mass is 10.0. The zero-order valence-corrected chi connectivity index (χ0v) is 21.3. The van der Waals surface area contributed by atoms with E-state index in [0.717, 1.165) is 27.6 Å². The second-order valence-corrected chi connectivity index (χ2v) is 9.91. The third-order valence-electron chi connectivity index (χ3n) is 6.27. The van der Waals surface area contributed by atoms with Crippen molar-refractivity contribution in [3.05, 3.63) is 114 Å². The highest BCUT2D eigenvalue weighted by molar-refractivity contribution is 7.99. The van der Waals surface area contributed by atoms with Gasteiger partial charge in [-0.05, 0) is 35.4 Å². The molecular formula is C29H29N3O4S. The molecule has 0 radical (unpaired) electrons. The van der Waals surface area contributed by atoms with E-state index in [1.165, 1.54) is 0 Å². The van der Waals surface area contributed by atoms with Gasteiger partial charge in [-0.1, -0.05) is 66.4 Å². The van der Waals surface area contributed by atoms with E-state index in [0.29, 0.717) is 17.7 Å². The fourth-order valence-corrected chi connectivity index (χ4v) is 5.15. The Morgan fingerprint density at radius 3 is 2.43 bits per heavy atom. The van der Waals surface area contributed by atoms with Gasteiger partial charge in [0.25, 0.3) is 5.91 Å². The summed E-state index contributed by atoms with van der Waals surface area (Å²) in [5.41, 5.74) is 4.09. The van der Waals surface area contributed by atoms with Crippen molar-refractivity contribution in [1.29, 1.82) is 0 Å². The molecule has 1 amide bonds. The number of aromatic nitrogens is 2. The number of carbonyl (C=O) groups is 1. The molecule has 190 valence electrons. The Hall–Kier alpha value is -3.43. The number of thioether (sulfide) groups is 1. The van der Waals surface area contributed by atoms with Crippen LogP contribution in [0, 0.1) is 0 Å². The van der Waals surface area contributed by atoms with Crippen LogP contribution in [-0.4, -0.2) is 32.4 Å². The minimum atomic E-state index is -0.554. The number of nitrogens with zero attached hydrogens (tertiary/aromatic N) is 2. The van der Waals surface area contributed by atoms with E-state index in [2.05, 4.69) is 10.3 Å². The van der Waals surface area contributed by atoms with Crippen LogP contribution < -0.4 is 5.32 Å². The molecule has 3 aromatic carbocycles. The highest BCUT2D eigenvalue weighted by atomic mass is 32.2. The normalized spacial score (nSPS) is 19.5. The van der Waals surface area contributed by atoms with Gasteiger partial charge in [0.05, 0.1) is 18.8 Å². The van der Waals surface area contributed by atoms with Crippen LogP contribution in [0.4, 0.5) is 5.69 Å². The Balaban J connectivity index is 1.31. The maximum atomic E-state index is 12.5. The first-order chi connectivity index (χ1) is 18.1. The molecule has 1 aromatic heterocycles. The molecule has 1 aliphatic heterocycles. The summed E-state index contributed by atoms with van der Waals surface area (Å²) in [6.07, 6.45) is 3.66. The van der Waals surface area contributed by atoms with Crippen LogP contribution in [0.5, 0.6) is 0 Å². The van der Waals surface area contributed by atoms with Crippen molar-refractivity contribution in [3.63, 3.8) is 0 Å². The first-order valence-corrected chi connectivity index (χ1v) is 13.1. The third-order valence-corrected chi connectivity index (χ3v) is 7.46. The van der Waals surface area contributed by atoms with Crippen molar-refractivity contribution in [2.24, 2.45) is 7.05 Å². The molecule has 0 spiro atoms. The molecule has 1 fully saturated rings. The van der Waals surface area contributed by atoms with Crippen LogP contribution in [0.25, 0.3) is 0 Å². The molecule has 0 bridgehead atoms. The zero-order chi connectivity index (χ0) is 25.6. The molecule has 1 saturated heterocycles. The van der Waals surface area contributed by atoms with Crippen molar-refractivity contribution in [1.82, 2.24) is 9.55 Å². The summed E-state index contributed by atoms with van der Waals surface area (Å²) in [5.74, 6) is 0.581. The average molecular weight is 516 g/mol. The third kappa shape index (κ3) is 6.29. The highest BCUT2D eigenvalue weighted by Gasteiger charge is 2.32. The first-order valence-electron chi connectivity index (χ1n) is 12.2. The van der Waals surface area contributed by atoms with Gasteiger partial charge in [-0.25, -0.2) is 4.98 Å². The number of hydrogen-bond acceptors (Lipinski definition) is 6. The van der Waals surface area contributed by atoms with Crippen molar-refractivity contribution < 1.29 is 19.4 Å². The molecule has 3 atom stereocenters. The van der Waals surface area contributed by atoms with Gasteiger partial charge >= 0.3 is 0 Å². The van der Waals surface area contributed by atoms with Crippen LogP contribution in [0.3, 0.4) is 0 Å². The predicted octanol–water partition coefficient (Wildman–Crippen LogP) is 5.50. The molecular weight excluding hydrogens is 486 g/mol. The van der Waals surface area contributed by atoms with Gasteiger partial charge in [-0.15, -0.1) is 0 Å². The second-order valence-electron chi connectivity index (χ2n) is 8.92. The SMILES string of the molecule is Cn1ccnc1SC[C@H]1C[C@@H](c2ccc(CO)cc2)O[C@@H](c2ccc(NC(=O)c3ccccc3)cc2)O1. The monoisotopic (exact) mass is 515 g/mol. The van der Waals surface area contributed by atoms with Gasteiger partial charge in [0.1, 0.15) is 0 Å². The summed E-state index contributed by atoms with van der Waals surface area (Å²) in [6.45, 7) is 0.00757. The van der Waals surface area contributed by atoms with Crippen LogP contribution >= 0.6 is 11.8 Å². The Labute approximate surface area is 220 Å². The minimum Gasteiger partial charge on any atom is -0.392 e. The van der Waals surface area contributed by atoms with Gasteiger partial charge in [-0.2, -0.15) is 0 Å². The van der Waals surface area contributed by atoms with Crippen molar-refractivity contribution in [2.75, 3.05) is 11.1 Å². The Kier molecular flexibility index (Phi) is 8.01. The van der Waals surface area contributed by atoms with E-state index in [1.54, 1.807) is 30.1 Å². The lowest BCUT2D eigenvalue weighted by molar-refractivity contribution is -0.245. The van der Waals surface area contributed by atoms with Crippen molar-refractivity contribution >= 4 is 23.4 Å². The summed E-state index contributed by atoms with van der Waals surface area (Å²) in [6, 6.07) is 24.5. The van der Waals surface area contributed by atoms with Gasteiger partial charge in [0.2, 0.25) is 0 Å². The number of amides is 1. The number of anilines is 1. The summed E-state index contributed by atoms with van der Waals surface area (Å²) >= 11 is 1.66. The van der Waals surface area contributed by atoms with E-state index < -0.39 is 6.29 Å². The van der Waals surface area contributed by atoms with E-state index in [-0.39, 0.29) is 24.7 Å². The summed E-state index contributed by atoms with van der Waals surface area (Å²) in [5, 5.41) is 13.3. The second kappa shape index (κ2) is 11.7. The Morgan fingerprint density at radius 2 is 1.76 bits per heavy atom. The number of ether oxygens (including phenoxy) is 2. The van der Waals surface area contributed by atoms with Crippen molar-refractivity contribution in [3.8, 4) is 0 Å². The van der Waals surface area contributed by atoms with Gasteiger partial charge in [0, 0.05) is 48.4 Å². The molecule has 5 rings (SSSR count). The number of rotatable bonds is 8. The molecule has 7 nitrogen and oxygen atoms in total. The standard InChI is InChI=1S/C29H29N3O4S/c1-32-16-15-30-29(32)37-19-25-17-26(21-9-7-20(18-33)8-10-21)36-28(35-25)23-11-13-24(14-12-23)31-27(34)22-5-3-2-4-6-22/h2-16,25-26,28,33H,17-19H2,1H3,(H,31,34)/t25-,26+,28+/m1/s1. The van der Waals surface area contributed by atoms with Crippen LogP contribution in [0.15, 0.2) is 96.4 Å². The van der Waals surface area contributed by atoms with Gasteiger partial charge in [0.15, 0.2) is 11.4 Å². The smallest absolute Gasteiger partial charge is 0.255 e. The number of nitrogens with one attached hydrogen (secondary N) is 1. The zero-order valence-electron chi connectivity index (χ0n) is 20.5. The topological polar surface area (TPSA) is 85.6 Å². The van der Waals surface area contributed by atoms with E-state index in [9.17, 15) is 9.90 Å². The molecule has 8 heteroatoms. The number of hydrogen-bond donors (Lipinski definition) is 2. The summed E-state index contributed by atoms with van der Waals surface area (Å²) in [4.78, 5) is 16.9. The molecule has 2 heterocycles. The van der Waals surface area contributed by atoms with E-state index >= 15 is 0 Å². The number of aliphatic hydroxyl groups is 1. The molecule has 2 N–H and O–H groups in total. The lowest BCUT2D eigenvalue weighted by Crippen LogP contribution is -2.31. The van der Waals surface area contributed by atoms with Gasteiger partial charge in [-0.3, -0.25) is 4.79 Å². The molecule has 37 heavy (non-hydrogen) atoms. The number of imidazole rings is 1. The first kappa shape index (κ1) is 25.2. The average Bonchev–Trinajstić information content (AvgIpc) is 3.37. The Bertz CT molecular complexity index is 1310. The fraction of sp³-hybridized carbons (Fsp3) is 0.241. The number of carbonyl (C=O) groups excluding carboxylic acids is 1. The lowest BCUT2D eigenvalue weighted by Gasteiger charge is -2.36. The van der Waals surface area contributed by atoms with Crippen LogP contribution in [-0.2, 0) is 23.1 Å². The quantitative estimate of drug-likeness (QED) is 0.301. The molecule has 4 aromatic rings. The maximum Gasteiger partial charge on any atom is 0.255 e. The van der Waals surface area contributed by atoms with E-state index in [4.69, 9.17) is 9.47 Å². The maximum absolute atomic E-state index is 12.5. The van der Waals surface area contributed by atoms with Crippen LogP contribution in [0.2, 0.25) is 0 Å². The molecule has 0 unspecified atom stereocenters. The fourth-order valence-electron chi connectivity index (χ4n) is 4.20. The Morgan fingerprint density at radius 1 is 1.03 bits per heavy atom. The highest BCUT2D eigenvalue weighted by Crippen LogP contribution is 2.39. The molecule has 1 aliphatic rings. The van der Waals surface area contributed by atoms with Gasteiger partial charge < -0.3 is 24.5 Å². The summed E-state index contributed by atoms with van der Waals surface area (Å²) < 4.78 is 14.8. The van der Waals surface area contributed by atoms with E-state index in [1.807, 2.05) is 84.5 Å². The van der Waals surface area contributed by atoms with Crippen molar-refractivity contribution in [2.45, 2.75) is 36.7 Å². The van der Waals surface area contributed by atoms with Crippen LogP contribution in [0.1, 0.15) is 45.9 Å². The minimum absolute atomic E-state index is 0.00757. The molecule has 0 aliphatic carbocycles. The number of aryl methyl sites for hydroxylation is 1.